The third kappa shape index (κ3) is 2.14. The Kier molecular flexibility index (Phi) is 3.10. The summed E-state index contributed by atoms with van der Waals surface area (Å²) in [5, 5.41) is 19.8. The molecule has 7 nitrogen and oxygen atoms in total. The van der Waals surface area contributed by atoms with Crippen molar-refractivity contribution in [1.29, 1.82) is 0 Å². The van der Waals surface area contributed by atoms with E-state index in [1.807, 2.05) is 0 Å². The van der Waals surface area contributed by atoms with Crippen molar-refractivity contribution in [3.8, 4) is 5.88 Å². The minimum absolute atomic E-state index is 0.0396. The predicted molar refractivity (Wildman–Crippen MR) is 60.2 cm³/mol. The fraction of sp³-hybridized carbons (Fsp3) is 0.500. The Bertz CT molecular complexity index is 432. The molecule has 1 aromatic rings. The molecule has 0 bridgehead atoms. The van der Waals surface area contributed by atoms with Crippen LogP contribution in [0.5, 0.6) is 5.88 Å². The van der Waals surface area contributed by atoms with Crippen LogP contribution in [-0.2, 0) is 0 Å². The summed E-state index contributed by atoms with van der Waals surface area (Å²) < 4.78 is 4.95. The molecule has 0 radical (unpaired) electrons. The quantitative estimate of drug-likeness (QED) is 0.605. The molecule has 1 aromatic heterocycles. The second-order valence-corrected chi connectivity index (χ2v) is 3.91. The number of aliphatic hydroxyl groups is 1. The van der Waals surface area contributed by atoms with Crippen LogP contribution >= 0.6 is 0 Å². The Labute approximate surface area is 97.8 Å². The van der Waals surface area contributed by atoms with Gasteiger partial charge in [-0.2, -0.15) is 4.98 Å². The second kappa shape index (κ2) is 4.54. The highest BCUT2D eigenvalue weighted by molar-refractivity contribution is 5.60. The van der Waals surface area contributed by atoms with Crippen LogP contribution in [0.1, 0.15) is 0 Å². The maximum atomic E-state index is 10.9. The van der Waals surface area contributed by atoms with Crippen LogP contribution < -0.4 is 9.64 Å². The van der Waals surface area contributed by atoms with Gasteiger partial charge in [0.25, 0.3) is 0 Å². The smallest absolute Gasteiger partial charge is 0.311 e. The van der Waals surface area contributed by atoms with Crippen molar-refractivity contribution in [3.05, 3.63) is 22.2 Å². The maximum Gasteiger partial charge on any atom is 0.311 e. The van der Waals surface area contributed by atoms with E-state index in [-0.39, 0.29) is 18.2 Å². The fourth-order valence-corrected chi connectivity index (χ4v) is 1.77. The highest BCUT2D eigenvalue weighted by Crippen LogP contribution is 2.32. The molecule has 0 saturated carbocycles. The van der Waals surface area contributed by atoms with Crippen LogP contribution in [0.25, 0.3) is 0 Å². The van der Waals surface area contributed by atoms with E-state index in [1.54, 1.807) is 4.90 Å². The zero-order chi connectivity index (χ0) is 12.4. The Balaban J connectivity index is 2.27. The average Bonchev–Trinajstić information content (AvgIpc) is 2.27. The number of hydrogen-bond acceptors (Lipinski definition) is 6. The molecule has 1 N–H and O–H groups in total. The van der Waals surface area contributed by atoms with Crippen molar-refractivity contribution < 1.29 is 14.8 Å². The number of pyridine rings is 1. The largest absolute Gasteiger partial charge is 0.481 e. The van der Waals surface area contributed by atoms with Gasteiger partial charge in [-0.05, 0) is 0 Å². The van der Waals surface area contributed by atoms with Crippen molar-refractivity contribution in [2.45, 2.75) is 0 Å². The van der Waals surface area contributed by atoms with Gasteiger partial charge in [0.05, 0.1) is 12.0 Å². The molecule has 1 aliphatic rings. The van der Waals surface area contributed by atoms with E-state index < -0.39 is 4.92 Å². The minimum Gasteiger partial charge on any atom is -0.481 e. The Hall–Kier alpha value is -1.89. The van der Waals surface area contributed by atoms with Gasteiger partial charge >= 0.3 is 5.69 Å². The molecule has 0 aliphatic carbocycles. The molecule has 0 aromatic carbocycles. The Morgan fingerprint density at radius 2 is 2.35 bits per heavy atom. The highest BCUT2D eigenvalue weighted by atomic mass is 16.6. The summed E-state index contributed by atoms with van der Waals surface area (Å²) in [6.07, 6.45) is 0. The van der Waals surface area contributed by atoms with Crippen LogP contribution in [0.15, 0.2) is 12.1 Å². The summed E-state index contributed by atoms with van der Waals surface area (Å²) in [5.74, 6) is 0.819. The topological polar surface area (TPSA) is 88.7 Å². The predicted octanol–water partition coefficient (Wildman–Crippen LogP) is 0.427. The summed E-state index contributed by atoms with van der Waals surface area (Å²) in [6.45, 7) is 1.25. The zero-order valence-corrected chi connectivity index (χ0v) is 9.37. The van der Waals surface area contributed by atoms with E-state index in [4.69, 9.17) is 9.84 Å². The molecule has 7 heteroatoms. The first kappa shape index (κ1) is 11.6. The lowest BCUT2D eigenvalue weighted by Crippen LogP contribution is -2.49. The summed E-state index contributed by atoms with van der Waals surface area (Å²) >= 11 is 0. The van der Waals surface area contributed by atoms with Gasteiger partial charge in [-0.15, -0.1) is 0 Å². The van der Waals surface area contributed by atoms with E-state index in [0.717, 1.165) is 0 Å². The van der Waals surface area contributed by atoms with Gasteiger partial charge in [-0.3, -0.25) is 10.1 Å². The van der Waals surface area contributed by atoms with Crippen molar-refractivity contribution in [2.24, 2.45) is 5.92 Å². The van der Waals surface area contributed by atoms with E-state index in [9.17, 15) is 10.1 Å². The van der Waals surface area contributed by atoms with Gasteiger partial charge in [0.2, 0.25) is 11.7 Å². The SMILES string of the molecule is COc1ccc([N+](=O)[O-])c(N2CC(CO)C2)n1. The molecule has 1 fully saturated rings. The molecule has 1 saturated heterocycles. The third-order valence-electron chi connectivity index (χ3n) is 2.75. The van der Waals surface area contributed by atoms with Crippen molar-refractivity contribution in [2.75, 3.05) is 31.7 Å². The zero-order valence-electron chi connectivity index (χ0n) is 9.37. The standard InChI is InChI=1S/C10H13N3O4/c1-17-9-3-2-8(13(15)16)10(11-9)12-4-7(5-12)6-14/h2-3,7,14H,4-6H2,1H3. The number of anilines is 1. The first-order chi connectivity index (χ1) is 8.15. The molecule has 0 atom stereocenters. The van der Waals surface area contributed by atoms with Crippen LogP contribution in [0.2, 0.25) is 0 Å². The summed E-state index contributed by atoms with van der Waals surface area (Å²) in [4.78, 5) is 16.3. The molecular formula is C10H13N3O4. The number of ether oxygens (including phenoxy) is 1. The number of methoxy groups -OCH3 is 1. The first-order valence-corrected chi connectivity index (χ1v) is 5.21. The van der Waals surface area contributed by atoms with Crippen LogP contribution in [0, 0.1) is 16.0 Å². The van der Waals surface area contributed by atoms with E-state index in [2.05, 4.69) is 4.98 Å². The molecule has 2 rings (SSSR count). The van der Waals surface area contributed by atoms with E-state index in [1.165, 1.54) is 19.2 Å². The van der Waals surface area contributed by atoms with Gasteiger partial charge in [-0.25, -0.2) is 0 Å². The summed E-state index contributed by atoms with van der Waals surface area (Å²) in [5.41, 5.74) is -0.0396. The molecule has 0 amide bonds. The van der Waals surface area contributed by atoms with Crippen molar-refractivity contribution in [1.82, 2.24) is 4.98 Å². The lowest BCUT2D eigenvalue weighted by Gasteiger charge is -2.38. The summed E-state index contributed by atoms with van der Waals surface area (Å²) in [6, 6.07) is 2.85. The van der Waals surface area contributed by atoms with Gasteiger partial charge in [0, 0.05) is 37.7 Å². The molecule has 0 unspecified atom stereocenters. The fourth-order valence-electron chi connectivity index (χ4n) is 1.77. The Morgan fingerprint density at radius 1 is 1.65 bits per heavy atom. The van der Waals surface area contributed by atoms with Gasteiger partial charge in [0.15, 0.2) is 0 Å². The lowest BCUT2D eigenvalue weighted by molar-refractivity contribution is -0.384. The monoisotopic (exact) mass is 239 g/mol. The van der Waals surface area contributed by atoms with Gasteiger partial charge < -0.3 is 14.7 Å². The molecular weight excluding hydrogens is 226 g/mol. The molecule has 17 heavy (non-hydrogen) atoms. The average molecular weight is 239 g/mol. The molecule has 92 valence electrons. The van der Waals surface area contributed by atoms with Crippen LogP contribution in [0.4, 0.5) is 11.5 Å². The van der Waals surface area contributed by atoms with E-state index >= 15 is 0 Å². The number of aromatic nitrogens is 1. The van der Waals surface area contributed by atoms with Gasteiger partial charge in [-0.1, -0.05) is 0 Å². The van der Waals surface area contributed by atoms with E-state index in [0.29, 0.717) is 24.8 Å². The van der Waals surface area contributed by atoms with Crippen LogP contribution in [-0.4, -0.2) is 41.8 Å². The number of nitro groups is 1. The number of nitrogens with zero attached hydrogens (tertiary/aromatic N) is 3. The Morgan fingerprint density at radius 3 is 2.88 bits per heavy atom. The molecule has 2 heterocycles. The maximum absolute atomic E-state index is 10.9. The molecule has 0 spiro atoms. The number of aliphatic hydroxyl groups excluding tert-OH is 1. The second-order valence-electron chi connectivity index (χ2n) is 3.91. The normalized spacial score (nSPS) is 15.5. The highest BCUT2D eigenvalue weighted by Gasteiger charge is 2.32. The summed E-state index contributed by atoms with van der Waals surface area (Å²) in [7, 11) is 1.46. The third-order valence-corrected chi connectivity index (χ3v) is 2.75. The first-order valence-electron chi connectivity index (χ1n) is 5.21. The van der Waals surface area contributed by atoms with Crippen LogP contribution in [0.3, 0.4) is 0 Å². The van der Waals surface area contributed by atoms with Crippen molar-refractivity contribution >= 4 is 11.5 Å². The lowest BCUT2D eigenvalue weighted by atomic mass is 10.0. The number of hydrogen-bond donors (Lipinski definition) is 1. The minimum atomic E-state index is -0.464. The number of rotatable bonds is 4. The van der Waals surface area contributed by atoms with Gasteiger partial charge in [0.1, 0.15) is 0 Å². The van der Waals surface area contributed by atoms with Crippen molar-refractivity contribution in [3.63, 3.8) is 0 Å². The molecule has 1 aliphatic heterocycles.